The zero-order chi connectivity index (χ0) is 15.6. The first-order valence-electron chi connectivity index (χ1n) is 8.09. The molecule has 0 saturated heterocycles. The maximum atomic E-state index is 10.3. The highest BCUT2D eigenvalue weighted by Crippen LogP contribution is 2.01. The quantitative estimate of drug-likeness (QED) is 0.342. The van der Waals surface area contributed by atoms with Crippen LogP contribution < -0.4 is 0 Å². The molecule has 0 unspecified atom stereocenters. The van der Waals surface area contributed by atoms with E-state index in [0.717, 1.165) is 51.4 Å². The van der Waals surface area contributed by atoms with Crippen LogP contribution in [0.5, 0.6) is 0 Å². The Balaban J connectivity index is 3.36. The van der Waals surface area contributed by atoms with Gasteiger partial charge >= 0.3 is 5.97 Å². The van der Waals surface area contributed by atoms with E-state index in [0.29, 0.717) is 0 Å². The molecule has 0 amide bonds. The Bertz CT molecular complexity index is 349. The molecule has 0 bridgehead atoms. The molecule has 0 radical (unpaired) electrons. The molecule has 0 spiro atoms. The summed E-state index contributed by atoms with van der Waals surface area (Å²) >= 11 is 0. The molecule has 0 rings (SSSR count). The third-order valence-corrected chi connectivity index (χ3v) is 2.94. The number of unbranched alkanes of at least 4 members (excludes halogenated alkanes) is 3. The van der Waals surface area contributed by atoms with Gasteiger partial charge in [-0.05, 0) is 51.4 Å². The van der Waals surface area contributed by atoms with E-state index >= 15 is 0 Å². The average molecular weight is 290 g/mol. The lowest BCUT2D eigenvalue weighted by Gasteiger charge is -1.91. The summed E-state index contributed by atoms with van der Waals surface area (Å²) in [5, 5.41) is 8.49. The number of hydrogen-bond acceptors (Lipinski definition) is 1. The molecule has 118 valence electrons. The molecule has 0 aliphatic heterocycles. The van der Waals surface area contributed by atoms with Crippen molar-refractivity contribution in [2.45, 2.75) is 64.7 Å². The van der Waals surface area contributed by atoms with Crippen molar-refractivity contribution in [3.63, 3.8) is 0 Å². The molecule has 0 aliphatic carbocycles. The maximum absolute atomic E-state index is 10.3. The highest BCUT2D eigenvalue weighted by Gasteiger charge is 1.92. The molecule has 0 aromatic heterocycles. The minimum Gasteiger partial charge on any atom is -0.481 e. The maximum Gasteiger partial charge on any atom is 0.303 e. The summed E-state index contributed by atoms with van der Waals surface area (Å²) in [4.78, 5) is 10.3. The third kappa shape index (κ3) is 18.4. The number of rotatable bonds is 13. The minimum atomic E-state index is -0.708. The van der Waals surface area contributed by atoms with Gasteiger partial charge in [0.15, 0.2) is 0 Å². The van der Waals surface area contributed by atoms with Gasteiger partial charge in [0.1, 0.15) is 0 Å². The van der Waals surface area contributed by atoms with Gasteiger partial charge in [0.25, 0.3) is 0 Å². The molecular weight excluding hydrogens is 260 g/mol. The average Bonchev–Trinajstić information content (AvgIpc) is 2.46. The second kappa shape index (κ2) is 16.5. The molecule has 0 aromatic carbocycles. The summed E-state index contributed by atoms with van der Waals surface area (Å²) < 4.78 is 0. The number of carbonyl (C=O) groups is 1. The molecule has 0 fully saturated rings. The van der Waals surface area contributed by atoms with E-state index in [-0.39, 0.29) is 6.42 Å². The number of carboxylic acids is 1. The van der Waals surface area contributed by atoms with Gasteiger partial charge in [-0.2, -0.15) is 0 Å². The van der Waals surface area contributed by atoms with Crippen LogP contribution in [0.25, 0.3) is 0 Å². The monoisotopic (exact) mass is 290 g/mol. The largest absolute Gasteiger partial charge is 0.481 e. The molecule has 0 saturated carbocycles. The van der Waals surface area contributed by atoms with Crippen molar-refractivity contribution >= 4 is 5.97 Å². The smallest absolute Gasteiger partial charge is 0.303 e. The molecule has 0 aromatic rings. The van der Waals surface area contributed by atoms with E-state index in [1.54, 1.807) is 0 Å². The van der Waals surface area contributed by atoms with Gasteiger partial charge in [-0.15, -0.1) is 0 Å². The van der Waals surface area contributed by atoms with E-state index in [9.17, 15) is 4.79 Å². The number of aliphatic carboxylic acids is 1. The van der Waals surface area contributed by atoms with Crippen molar-refractivity contribution in [3.05, 3.63) is 48.6 Å². The first kappa shape index (κ1) is 19.4. The van der Waals surface area contributed by atoms with Gasteiger partial charge in [-0.1, -0.05) is 55.5 Å². The zero-order valence-electron chi connectivity index (χ0n) is 13.3. The lowest BCUT2D eigenvalue weighted by Crippen LogP contribution is -1.92. The lowest BCUT2D eigenvalue weighted by molar-refractivity contribution is -0.137. The fourth-order valence-electron chi connectivity index (χ4n) is 1.78. The summed E-state index contributed by atoms with van der Waals surface area (Å²) in [7, 11) is 0. The Morgan fingerprint density at radius 1 is 0.762 bits per heavy atom. The Hall–Kier alpha value is -1.57. The predicted molar refractivity (Wildman–Crippen MR) is 91.4 cm³/mol. The summed E-state index contributed by atoms with van der Waals surface area (Å²) in [6.45, 7) is 2.16. The van der Waals surface area contributed by atoms with Crippen LogP contribution in [0.15, 0.2) is 48.6 Å². The molecule has 2 heteroatoms. The second-order valence-electron chi connectivity index (χ2n) is 4.97. The first-order valence-corrected chi connectivity index (χ1v) is 8.09. The fraction of sp³-hybridized carbons (Fsp3) is 0.526. The summed E-state index contributed by atoms with van der Waals surface area (Å²) in [5.41, 5.74) is 0. The van der Waals surface area contributed by atoms with Crippen LogP contribution >= 0.6 is 0 Å². The van der Waals surface area contributed by atoms with E-state index in [4.69, 9.17) is 5.11 Å². The van der Waals surface area contributed by atoms with E-state index in [2.05, 4.69) is 55.5 Å². The second-order valence-corrected chi connectivity index (χ2v) is 4.97. The number of allylic oxidation sites excluding steroid dienone is 8. The zero-order valence-corrected chi connectivity index (χ0v) is 13.3. The van der Waals surface area contributed by atoms with Gasteiger partial charge in [0.05, 0.1) is 0 Å². The fourth-order valence-corrected chi connectivity index (χ4v) is 1.78. The lowest BCUT2D eigenvalue weighted by atomic mass is 10.2. The van der Waals surface area contributed by atoms with Gasteiger partial charge in [-0.25, -0.2) is 0 Å². The summed E-state index contributed by atoms with van der Waals surface area (Å²) in [6, 6.07) is 0. The summed E-state index contributed by atoms with van der Waals surface area (Å²) in [6.07, 6.45) is 25.9. The molecule has 1 N–H and O–H groups in total. The van der Waals surface area contributed by atoms with Crippen molar-refractivity contribution in [3.8, 4) is 0 Å². The van der Waals surface area contributed by atoms with E-state index < -0.39 is 5.97 Å². The van der Waals surface area contributed by atoms with Crippen molar-refractivity contribution in [1.29, 1.82) is 0 Å². The Morgan fingerprint density at radius 3 is 1.76 bits per heavy atom. The van der Waals surface area contributed by atoms with Crippen molar-refractivity contribution in [1.82, 2.24) is 0 Å². The van der Waals surface area contributed by atoms with Crippen LogP contribution in [-0.4, -0.2) is 11.1 Å². The molecular formula is C19H30O2. The van der Waals surface area contributed by atoms with Crippen molar-refractivity contribution < 1.29 is 9.90 Å². The Morgan fingerprint density at radius 2 is 1.24 bits per heavy atom. The standard InChI is InChI=1S/C19H30O2/c1-2-3-4-5-6-7-8-9-10-11-12-13-14-15-16-17-18-19(20)21/h3-4,7-8,10-11,14-15H,2,5-6,9,12-13,16-18H2,1H3,(H,20,21)/b4-3+,8-7+,11-10+,15-14+. The van der Waals surface area contributed by atoms with Gasteiger partial charge in [0.2, 0.25) is 0 Å². The topological polar surface area (TPSA) is 37.3 Å². The van der Waals surface area contributed by atoms with Crippen LogP contribution in [-0.2, 0) is 4.79 Å². The van der Waals surface area contributed by atoms with E-state index in [1.165, 1.54) is 0 Å². The van der Waals surface area contributed by atoms with Crippen LogP contribution in [0.2, 0.25) is 0 Å². The molecule has 0 aliphatic rings. The number of hydrogen-bond donors (Lipinski definition) is 1. The Labute approximate surface area is 130 Å². The molecule has 0 heterocycles. The van der Waals surface area contributed by atoms with Crippen LogP contribution in [0, 0.1) is 0 Å². The van der Waals surface area contributed by atoms with Crippen LogP contribution in [0.1, 0.15) is 64.7 Å². The van der Waals surface area contributed by atoms with Crippen LogP contribution in [0.4, 0.5) is 0 Å². The highest BCUT2D eigenvalue weighted by atomic mass is 16.4. The van der Waals surface area contributed by atoms with E-state index in [1.807, 2.05) is 0 Å². The van der Waals surface area contributed by atoms with Crippen molar-refractivity contribution in [2.24, 2.45) is 0 Å². The normalized spacial score (nSPS) is 12.4. The van der Waals surface area contributed by atoms with Gasteiger partial charge in [-0.3, -0.25) is 4.79 Å². The summed E-state index contributed by atoms with van der Waals surface area (Å²) in [5.74, 6) is -0.708. The molecule has 0 atom stereocenters. The van der Waals surface area contributed by atoms with Gasteiger partial charge in [0, 0.05) is 6.42 Å². The predicted octanol–water partition coefficient (Wildman–Crippen LogP) is 5.83. The SMILES string of the molecule is CC/C=C/CC/C=C/C/C=C/CC/C=C/CCCC(=O)O. The third-order valence-electron chi connectivity index (χ3n) is 2.94. The Kier molecular flexibility index (Phi) is 15.3. The first-order chi connectivity index (χ1) is 10.3. The minimum absolute atomic E-state index is 0.269. The van der Waals surface area contributed by atoms with Crippen LogP contribution in [0.3, 0.4) is 0 Å². The molecule has 2 nitrogen and oxygen atoms in total. The molecule has 21 heavy (non-hydrogen) atoms. The highest BCUT2D eigenvalue weighted by molar-refractivity contribution is 5.66. The van der Waals surface area contributed by atoms with Crippen molar-refractivity contribution in [2.75, 3.05) is 0 Å². The number of carboxylic acid groups (broad SMARTS) is 1. The van der Waals surface area contributed by atoms with Gasteiger partial charge < -0.3 is 5.11 Å².